The summed E-state index contributed by atoms with van der Waals surface area (Å²) in [5, 5.41) is 3.79. The highest BCUT2D eigenvalue weighted by Crippen LogP contribution is 2.44. The van der Waals surface area contributed by atoms with E-state index >= 15 is 0 Å². The summed E-state index contributed by atoms with van der Waals surface area (Å²) in [6.07, 6.45) is 2.03. The summed E-state index contributed by atoms with van der Waals surface area (Å²) in [6, 6.07) is 17.8. The number of pyridine rings is 1. The number of nitrogen functional groups attached to an aromatic ring is 1. The highest BCUT2D eigenvalue weighted by Gasteiger charge is 2.28. The first-order chi connectivity index (χ1) is 15.6. The van der Waals surface area contributed by atoms with Crippen molar-refractivity contribution >= 4 is 33.1 Å². The molecule has 1 aliphatic rings. The van der Waals surface area contributed by atoms with Gasteiger partial charge in [-0.1, -0.05) is 30.3 Å². The molecular formula is C25H23N3O3S. The molecule has 1 saturated carbocycles. The number of fused-ring (bicyclic) bond motifs is 1. The van der Waals surface area contributed by atoms with Gasteiger partial charge in [0.05, 0.1) is 25.6 Å². The summed E-state index contributed by atoms with van der Waals surface area (Å²) < 4.78 is 11.1. The van der Waals surface area contributed by atoms with Gasteiger partial charge >= 0.3 is 0 Å². The fourth-order valence-electron chi connectivity index (χ4n) is 3.76. The highest BCUT2D eigenvalue weighted by molar-refractivity contribution is 7.21. The van der Waals surface area contributed by atoms with Crippen LogP contribution in [0.4, 0.5) is 5.69 Å². The van der Waals surface area contributed by atoms with Crippen LogP contribution in [0.3, 0.4) is 0 Å². The van der Waals surface area contributed by atoms with E-state index in [2.05, 4.69) is 5.32 Å². The number of hydrogen-bond acceptors (Lipinski definition) is 6. The topological polar surface area (TPSA) is 86.5 Å². The lowest BCUT2D eigenvalue weighted by Crippen LogP contribution is -2.25. The molecule has 2 aromatic carbocycles. The lowest BCUT2D eigenvalue weighted by atomic mass is 9.98. The quantitative estimate of drug-likeness (QED) is 0.430. The fraction of sp³-hybridized carbons (Fsp3) is 0.200. The summed E-state index contributed by atoms with van der Waals surface area (Å²) in [5.41, 5.74) is 10.5. The van der Waals surface area contributed by atoms with Crippen molar-refractivity contribution in [1.82, 2.24) is 10.3 Å². The molecule has 0 saturated heterocycles. The lowest BCUT2D eigenvalue weighted by Gasteiger charge is -2.13. The largest absolute Gasteiger partial charge is 0.497 e. The Balaban J connectivity index is 1.78. The molecule has 4 aromatic rings. The fourth-order valence-corrected chi connectivity index (χ4v) is 4.78. The van der Waals surface area contributed by atoms with Crippen molar-refractivity contribution < 1.29 is 14.3 Å². The third-order valence-electron chi connectivity index (χ3n) is 5.58. The molecule has 1 aliphatic carbocycles. The number of nitrogens with zero attached hydrogens (tertiary/aromatic N) is 1. The number of amides is 1. The Kier molecular flexibility index (Phi) is 5.19. The standard InChI is InChI=1S/C25H23N3O3S/c1-30-16-10-11-20(31-2)17(12-16)18-13-19(14-6-4-3-5-7-14)28-25-21(18)22(26)23(32-25)24(29)27-15-8-9-15/h3-7,10-13,15H,8-9,26H2,1-2H3,(H,27,29). The van der Waals surface area contributed by atoms with Gasteiger partial charge in [0.25, 0.3) is 5.91 Å². The second-order valence-corrected chi connectivity index (χ2v) is 8.76. The SMILES string of the molecule is COc1ccc(OC)c(-c2cc(-c3ccccc3)nc3sc(C(=O)NC4CC4)c(N)c23)c1. The van der Waals surface area contributed by atoms with E-state index < -0.39 is 0 Å². The van der Waals surface area contributed by atoms with E-state index in [9.17, 15) is 4.79 Å². The van der Waals surface area contributed by atoms with Crippen LogP contribution in [0, 0.1) is 0 Å². The van der Waals surface area contributed by atoms with E-state index in [0.717, 1.165) is 40.6 Å². The van der Waals surface area contributed by atoms with Crippen molar-refractivity contribution in [1.29, 1.82) is 0 Å². The van der Waals surface area contributed by atoms with Gasteiger partial charge in [0.1, 0.15) is 21.2 Å². The van der Waals surface area contributed by atoms with Gasteiger partial charge in [-0.25, -0.2) is 4.98 Å². The Hall–Kier alpha value is -3.58. The van der Waals surface area contributed by atoms with E-state index in [1.165, 1.54) is 11.3 Å². The molecule has 2 aromatic heterocycles. The number of methoxy groups -OCH3 is 2. The molecule has 0 bridgehead atoms. The maximum Gasteiger partial charge on any atom is 0.263 e. The van der Waals surface area contributed by atoms with Gasteiger partial charge < -0.3 is 20.5 Å². The van der Waals surface area contributed by atoms with Crippen molar-refractivity contribution in [3.05, 3.63) is 59.5 Å². The monoisotopic (exact) mass is 445 g/mol. The summed E-state index contributed by atoms with van der Waals surface area (Å²) in [6.45, 7) is 0. The summed E-state index contributed by atoms with van der Waals surface area (Å²) in [4.78, 5) is 18.9. The van der Waals surface area contributed by atoms with Crippen LogP contribution in [0.2, 0.25) is 0 Å². The molecule has 1 fully saturated rings. The molecule has 0 atom stereocenters. The van der Waals surface area contributed by atoms with Crippen LogP contribution in [-0.4, -0.2) is 31.2 Å². The van der Waals surface area contributed by atoms with Crippen LogP contribution >= 0.6 is 11.3 Å². The first-order valence-corrected chi connectivity index (χ1v) is 11.2. The zero-order chi connectivity index (χ0) is 22.2. The molecule has 6 nitrogen and oxygen atoms in total. The first kappa shape index (κ1) is 20.3. The predicted octanol–water partition coefficient (Wildman–Crippen LogP) is 5.12. The normalized spacial score (nSPS) is 13.2. The zero-order valence-corrected chi connectivity index (χ0v) is 18.7. The van der Waals surface area contributed by atoms with Gasteiger partial charge in [-0.05, 0) is 37.1 Å². The third kappa shape index (κ3) is 3.65. The molecule has 0 spiro atoms. The number of hydrogen-bond donors (Lipinski definition) is 2. The first-order valence-electron chi connectivity index (χ1n) is 10.4. The van der Waals surface area contributed by atoms with E-state index in [0.29, 0.717) is 26.9 Å². The van der Waals surface area contributed by atoms with Crippen LogP contribution in [0.15, 0.2) is 54.6 Å². The number of nitrogens with one attached hydrogen (secondary N) is 1. The van der Waals surface area contributed by atoms with E-state index in [4.69, 9.17) is 20.2 Å². The van der Waals surface area contributed by atoms with Crippen molar-refractivity contribution in [2.24, 2.45) is 0 Å². The van der Waals surface area contributed by atoms with Gasteiger partial charge in [-0.15, -0.1) is 11.3 Å². The summed E-state index contributed by atoms with van der Waals surface area (Å²) in [7, 11) is 3.26. The zero-order valence-electron chi connectivity index (χ0n) is 17.8. The number of aromatic nitrogens is 1. The highest BCUT2D eigenvalue weighted by atomic mass is 32.1. The molecule has 5 rings (SSSR count). The second kappa shape index (κ2) is 8.16. The molecule has 32 heavy (non-hydrogen) atoms. The molecular weight excluding hydrogens is 422 g/mol. The number of carbonyl (C=O) groups is 1. The summed E-state index contributed by atoms with van der Waals surface area (Å²) in [5.74, 6) is 1.25. The summed E-state index contributed by atoms with van der Waals surface area (Å²) >= 11 is 1.32. The van der Waals surface area contributed by atoms with Gasteiger partial charge in [0.2, 0.25) is 0 Å². The average molecular weight is 446 g/mol. The minimum absolute atomic E-state index is 0.141. The minimum atomic E-state index is -0.141. The molecule has 3 N–H and O–H groups in total. The van der Waals surface area contributed by atoms with E-state index in [-0.39, 0.29) is 11.9 Å². The number of ether oxygens (including phenoxy) is 2. The maximum absolute atomic E-state index is 12.9. The second-order valence-electron chi connectivity index (χ2n) is 7.76. The van der Waals surface area contributed by atoms with Gasteiger partial charge in [-0.3, -0.25) is 4.79 Å². The molecule has 7 heteroatoms. The van der Waals surface area contributed by atoms with Gasteiger partial charge in [0, 0.05) is 28.1 Å². The van der Waals surface area contributed by atoms with Crippen LogP contribution < -0.4 is 20.5 Å². The number of anilines is 1. The Morgan fingerprint density at radius 1 is 1.06 bits per heavy atom. The smallest absolute Gasteiger partial charge is 0.263 e. The Morgan fingerprint density at radius 2 is 1.84 bits per heavy atom. The molecule has 1 amide bonds. The Labute approximate surface area is 190 Å². The van der Waals surface area contributed by atoms with Crippen LogP contribution in [0.1, 0.15) is 22.5 Å². The third-order valence-corrected chi connectivity index (χ3v) is 6.68. The number of rotatable bonds is 6. The number of benzene rings is 2. The van der Waals surface area contributed by atoms with E-state index in [1.54, 1.807) is 14.2 Å². The van der Waals surface area contributed by atoms with Crippen molar-refractivity contribution in [2.45, 2.75) is 18.9 Å². The van der Waals surface area contributed by atoms with Crippen LogP contribution in [0.5, 0.6) is 11.5 Å². The number of thiophene rings is 1. The van der Waals surface area contributed by atoms with Crippen LogP contribution in [0.25, 0.3) is 32.6 Å². The molecule has 0 radical (unpaired) electrons. The Bertz CT molecular complexity index is 1310. The molecule has 0 unspecified atom stereocenters. The van der Waals surface area contributed by atoms with Crippen LogP contribution in [-0.2, 0) is 0 Å². The molecule has 0 aliphatic heterocycles. The molecule has 162 valence electrons. The lowest BCUT2D eigenvalue weighted by molar-refractivity contribution is 0.0956. The van der Waals surface area contributed by atoms with Crippen molar-refractivity contribution in [2.75, 3.05) is 20.0 Å². The predicted molar refractivity (Wildman–Crippen MR) is 128 cm³/mol. The Morgan fingerprint density at radius 3 is 2.53 bits per heavy atom. The van der Waals surface area contributed by atoms with Crippen molar-refractivity contribution in [3.63, 3.8) is 0 Å². The maximum atomic E-state index is 12.9. The van der Waals surface area contributed by atoms with Gasteiger partial charge in [-0.2, -0.15) is 0 Å². The molecule has 2 heterocycles. The van der Waals surface area contributed by atoms with Crippen molar-refractivity contribution in [3.8, 4) is 33.9 Å². The minimum Gasteiger partial charge on any atom is -0.497 e. The number of nitrogens with two attached hydrogens (primary N) is 1. The number of carbonyl (C=O) groups excluding carboxylic acids is 1. The average Bonchev–Trinajstić information content (AvgIpc) is 3.59. The van der Waals surface area contributed by atoms with Gasteiger partial charge in [0.15, 0.2) is 0 Å². The van der Waals surface area contributed by atoms with E-state index in [1.807, 2.05) is 54.6 Å².